The van der Waals surface area contributed by atoms with Crippen molar-refractivity contribution in [1.82, 2.24) is 0 Å². The van der Waals surface area contributed by atoms with Crippen molar-refractivity contribution in [2.75, 3.05) is 12.3 Å². The van der Waals surface area contributed by atoms with E-state index in [-0.39, 0.29) is 11.5 Å². The highest BCUT2D eigenvalue weighted by Gasteiger charge is 2.09. The molecule has 0 unspecified atom stereocenters. The first-order valence-electron chi connectivity index (χ1n) is 4.47. The summed E-state index contributed by atoms with van der Waals surface area (Å²) in [5, 5.41) is 9.08. The third-order valence-corrected chi connectivity index (χ3v) is 1.94. The molecule has 1 aromatic rings. The first-order valence-corrected chi connectivity index (χ1v) is 4.47. The van der Waals surface area contributed by atoms with Gasteiger partial charge in [-0.25, -0.2) is 0 Å². The number of phenolic OH excluding ortho intramolecular Hbond substituents is 1. The van der Waals surface area contributed by atoms with Gasteiger partial charge in [-0.1, -0.05) is 0 Å². The molecule has 0 spiro atoms. The topological polar surface area (TPSA) is 89.3 Å². The van der Waals surface area contributed by atoms with E-state index in [1.807, 2.05) is 0 Å². The van der Waals surface area contributed by atoms with Crippen molar-refractivity contribution in [2.45, 2.75) is 12.8 Å². The molecular weight excluding hydrogens is 180 g/mol. The van der Waals surface area contributed by atoms with E-state index in [2.05, 4.69) is 0 Å². The lowest BCUT2D eigenvalue weighted by atomic mass is 10.0. The maximum atomic E-state index is 11.5. The van der Waals surface area contributed by atoms with Crippen molar-refractivity contribution in [2.24, 2.45) is 5.73 Å². The minimum absolute atomic E-state index is 0.0343. The normalized spacial score (nSPS) is 10.1. The highest BCUT2D eigenvalue weighted by atomic mass is 16.3. The van der Waals surface area contributed by atoms with Crippen LogP contribution in [0.5, 0.6) is 5.75 Å². The van der Waals surface area contributed by atoms with Gasteiger partial charge in [-0.2, -0.15) is 0 Å². The minimum Gasteiger partial charge on any atom is -0.508 e. The Balaban J connectivity index is 2.80. The number of aromatic hydroxyl groups is 1. The summed E-state index contributed by atoms with van der Waals surface area (Å²) < 4.78 is 0. The van der Waals surface area contributed by atoms with E-state index in [0.29, 0.717) is 30.6 Å². The van der Waals surface area contributed by atoms with Crippen molar-refractivity contribution in [3.8, 4) is 5.75 Å². The number of nitrogens with two attached hydrogens (primary N) is 2. The van der Waals surface area contributed by atoms with Gasteiger partial charge in [-0.05, 0) is 25.1 Å². The number of ketones is 1. The number of anilines is 1. The van der Waals surface area contributed by atoms with E-state index in [1.54, 1.807) is 0 Å². The number of Topliss-reactive ketones (excluding diaryl/α,β-unsaturated/α-hetero) is 1. The van der Waals surface area contributed by atoms with Gasteiger partial charge < -0.3 is 16.6 Å². The molecule has 76 valence electrons. The first kappa shape index (κ1) is 10.5. The zero-order chi connectivity index (χ0) is 10.6. The maximum absolute atomic E-state index is 11.5. The van der Waals surface area contributed by atoms with E-state index in [1.165, 1.54) is 18.2 Å². The van der Waals surface area contributed by atoms with Crippen molar-refractivity contribution in [1.29, 1.82) is 0 Å². The van der Waals surface area contributed by atoms with Gasteiger partial charge in [0.05, 0.1) is 0 Å². The van der Waals surface area contributed by atoms with Crippen LogP contribution in [0, 0.1) is 0 Å². The number of carbonyl (C=O) groups is 1. The molecule has 0 aliphatic rings. The average molecular weight is 194 g/mol. The van der Waals surface area contributed by atoms with E-state index >= 15 is 0 Å². The molecule has 4 nitrogen and oxygen atoms in total. The average Bonchev–Trinajstić information content (AvgIpc) is 2.14. The molecule has 0 fully saturated rings. The van der Waals surface area contributed by atoms with Crippen LogP contribution in [-0.2, 0) is 0 Å². The summed E-state index contributed by atoms with van der Waals surface area (Å²) in [4.78, 5) is 11.5. The molecule has 1 rings (SSSR count). The second-order valence-corrected chi connectivity index (χ2v) is 3.09. The molecule has 0 amide bonds. The Morgan fingerprint density at radius 1 is 1.43 bits per heavy atom. The van der Waals surface area contributed by atoms with E-state index in [9.17, 15) is 4.79 Å². The van der Waals surface area contributed by atoms with Gasteiger partial charge in [0, 0.05) is 23.7 Å². The molecule has 0 bridgehead atoms. The molecule has 0 heterocycles. The highest BCUT2D eigenvalue weighted by molar-refractivity contribution is 6.00. The lowest BCUT2D eigenvalue weighted by Crippen LogP contribution is -2.07. The molecule has 14 heavy (non-hydrogen) atoms. The highest BCUT2D eigenvalue weighted by Crippen LogP contribution is 2.20. The fraction of sp³-hybridized carbons (Fsp3) is 0.300. The summed E-state index contributed by atoms with van der Waals surface area (Å²) in [5.41, 5.74) is 11.6. The van der Waals surface area contributed by atoms with Crippen LogP contribution in [0.25, 0.3) is 0 Å². The third kappa shape index (κ3) is 2.47. The Morgan fingerprint density at radius 2 is 2.14 bits per heavy atom. The van der Waals surface area contributed by atoms with E-state index in [0.717, 1.165) is 0 Å². The van der Waals surface area contributed by atoms with Gasteiger partial charge in [-0.15, -0.1) is 0 Å². The SMILES string of the molecule is NCCCC(=O)c1ccc(O)cc1N. The van der Waals surface area contributed by atoms with Crippen molar-refractivity contribution < 1.29 is 9.90 Å². The molecule has 0 aliphatic carbocycles. The van der Waals surface area contributed by atoms with Gasteiger partial charge in [0.15, 0.2) is 5.78 Å². The van der Waals surface area contributed by atoms with Crippen LogP contribution < -0.4 is 11.5 Å². The lowest BCUT2D eigenvalue weighted by Gasteiger charge is -2.04. The summed E-state index contributed by atoms with van der Waals surface area (Å²) in [5.74, 6) is 0.0332. The van der Waals surface area contributed by atoms with Crippen LogP contribution in [0.1, 0.15) is 23.2 Å². The molecule has 0 aliphatic heterocycles. The fourth-order valence-electron chi connectivity index (χ4n) is 1.20. The predicted molar refractivity (Wildman–Crippen MR) is 55.1 cm³/mol. The molecule has 0 aromatic heterocycles. The molecular formula is C10H14N2O2. The Kier molecular flexibility index (Phi) is 3.48. The van der Waals surface area contributed by atoms with Crippen LogP contribution in [0.15, 0.2) is 18.2 Å². The van der Waals surface area contributed by atoms with Crippen molar-refractivity contribution in [3.63, 3.8) is 0 Å². The second kappa shape index (κ2) is 4.62. The van der Waals surface area contributed by atoms with Crippen LogP contribution in [0.2, 0.25) is 0 Å². The van der Waals surface area contributed by atoms with Crippen molar-refractivity contribution >= 4 is 11.5 Å². The van der Waals surface area contributed by atoms with Gasteiger partial charge >= 0.3 is 0 Å². The fourth-order valence-corrected chi connectivity index (χ4v) is 1.20. The largest absolute Gasteiger partial charge is 0.508 e. The maximum Gasteiger partial charge on any atom is 0.164 e. The second-order valence-electron chi connectivity index (χ2n) is 3.09. The molecule has 0 atom stereocenters. The summed E-state index contributed by atoms with van der Waals surface area (Å²) >= 11 is 0. The van der Waals surface area contributed by atoms with E-state index in [4.69, 9.17) is 16.6 Å². The zero-order valence-corrected chi connectivity index (χ0v) is 7.86. The summed E-state index contributed by atoms with van der Waals surface area (Å²) in [6.07, 6.45) is 1.05. The van der Waals surface area contributed by atoms with Crippen molar-refractivity contribution in [3.05, 3.63) is 23.8 Å². The van der Waals surface area contributed by atoms with Gasteiger partial charge in [0.1, 0.15) is 5.75 Å². The van der Waals surface area contributed by atoms with E-state index < -0.39 is 0 Å². The number of nitrogen functional groups attached to an aromatic ring is 1. The number of carbonyl (C=O) groups excluding carboxylic acids is 1. The minimum atomic E-state index is -0.0343. The Bertz CT molecular complexity index is 337. The molecule has 0 saturated carbocycles. The van der Waals surface area contributed by atoms with Gasteiger partial charge in [-0.3, -0.25) is 4.79 Å². The Labute approximate surface area is 82.5 Å². The number of phenols is 1. The van der Waals surface area contributed by atoms with Gasteiger partial charge in [0.2, 0.25) is 0 Å². The predicted octanol–water partition coefficient (Wildman–Crippen LogP) is 0.896. The summed E-state index contributed by atoms with van der Waals surface area (Å²) in [6.45, 7) is 0.490. The number of hydrogen-bond acceptors (Lipinski definition) is 4. The lowest BCUT2D eigenvalue weighted by molar-refractivity contribution is 0.0981. The molecule has 0 radical (unpaired) electrons. The smallest absolute Gasteiger partial charge is 0.164 e. The zero-order valence-electron chi connectivity index (χ0n) is 7.86. The molecule has 4 heteroatoms. The van der Waals surface area contributed by atoms with Crippen LogP contribution in [0.4, 0.5) is 5.69 Å². The molecule has 5 N–H and O–H groups in total. The number of benzene rings is 1. The molecule has 1 aromatic carbocycles. The van der Waals surface area contributed by atoms with Crippen LogP contribution >= 0.6 is 0 Å². The third-order valence-electron chi connectivity index (χ3n) is 1.94. The summed E-state index contributed by atoms with van der Waals surface area (Å²) in [6, 6.07) is 4.35. The number of rotatable bonds is 4. The quantitative estimate of drug-likeness (QED) is 0.490. The monoisotopic (exact) mass is 194 g/mol. The first-order chi connectivity index (χ1) is 6.65. The molecule has 0 saturated heterocycles. The number of hydrogen-bond donors (Lipinski definition) is 3. The Morgan fingerprint density at radius 3 is 2.71 bits per heavy atom. The standard InChI is InChI=1S/C10H14N2O2/c11-5-1-2-10(14)8-4-3-7(13)6-9(8)12/h3-4,6,13H,1-2,5,11-12H2. The Hall–Kier alpha value is -1.55. The van der Waals surface area contributed by atoms with Crippen LogP contribution in [0.3, 0.4) is 0 Å². The van der Waals surface area contributed by atoms with Gasteiger partial charge in [0.25, 0.3) is 0 Å². The van der Waals surface area contributed by atoms with Crippen LogP contribution in [-0.4, -0.2) is 17.4 Å². The summed E-state index contributed by atoms with van der Waals surface area (Å²) in [7, 11) is 0.